The minimum atomic E-state index is -0.0483. The highest BCUT2D eigenvalue weighted by Gasteiger charge is 2.04. The normalized spacial score (nSPS) is 12.7. The summed E-state index contributed by atoms with van der Waals surface area (Å²) in [4.78, 5) is 0. The van der Waals surface area contributed by atoms with Crippen LogP contribution in [0.5, 0.6) is 0 Å². The average Bonchev–Trinajstić information content (AvgIpc) is 2.30. The molecule has 0 aromatic heterocycles. The molecule has 0 amide bonds. The summed E-state index contributed by atoms with van der Waals surface area (Å²) in [7, 11) is 0. The fraction of sp³-hybridized carbons (Fsp3) is 0.500. The van der Waals surface area contributed by atoms with Gasteiger partial charge in [0.15, 0.2) is 0 Å². The van der Waals surface area contributed by atoms with Crippen molar-refractivity contribution in [2.45, 2.75) is 13.0 Å². The van der Waals surface area contributed by atoms with Crippen molar-refractivity contribution in [1.82, 2.24) is 0 Å². The maximum absolute atomic E-state index is 5.94. The van der Waals surface area contributed by atoms with E-state index >= 15 is 0 Å². The lowest BCUT2D eigenvalue weighted by Gasteiger charge is -2.12. The van der Waals surface area contributed by atoms with Gasteiger partial charge in [0.2, 0.25) is 0 Å². The van der Waals surface area contributed by atoms with E-state index in [0.717, 1.165) is 12.2 Å². The quantitative estimate of drug-likeness (QED) is 0.696. The van der Waals surface area contributed by atoms with E-state index in [9.17, 15) is 0 Å². The fourth-order valence-electron chi connectivity index (χ4n) is 1.27. The molecule has 0 spiro atoms. The van der Waals surface area contributed by atoms with Gasteiger partial charge in [-0.1, -0.05) is 30.3 Å². The number of rotatable bonds is 7. The third-order valence-electron chi connectivity index (χ3n) is 2.10. The summed E-state index contributed by atoms with van der Waals surface area (Å²) in [6.45, 7) is 4.48. The molecule has 15 heavy (non-hydrogen) atoms. The molecule has 1 unspecified atom stereocenters. The SMILES string of the molecule is CCOCCOCC(N)c1ccccc1. The third-order valence-corrected chi connectivity index (χ3v) is 2.10. The summed E-state index contributed by atoms with van der Waals surface area (Å²) in [6, 6.07) is 9.91. The Morgan fingerprint density at radius 1 is 1.13 bits per heavy atom. The van der Waals surface area contributed by atoms with Crippen LogP contribution in [-0.4, -0.2) is 26.4 Å². The first kappa shape index (κ1) is 12.2. The summed E-state index contributed by atoms with van der Waals surface area (Å²) in [6.07, 6.45) is 0. The van der Waals surface area contributed by atoms with Crippen molar-refractivity contribution >= 4 is 0 Å². The van der Waals surface area contributed by atoms with Crippen molar-refractivity contribution < 1.29 is 9.47 Å². The Hall–Kier alpha value is -0.900. The molecule has 3 nitrogen and oxygen atoms in total. The van der Waals surface area contributed by atoms with Crippen LogP contribution in [0.4, 0.5) is 0 Å². The summed E-state index contributed by atoms with van der Waals surface area (Å²) in [5.41, 5.74) is 7.05. The van der Waals surface area contributed by atoms with E-state index < -0.39 is 0 Å². The monoisotopic (exact) mass is 209 g/mol. The lowest BCUT2D eigenvalue weighted by Crippen LogP contribution is -2.18. The first-order valence-electron chi connectivity index (χ1n) is 5.30. The molecule has 0 heterocycles. The van der Waals surface area contributed by atoms with Gasteiger partial charge in [0.05, 0.1) is 25.9 Å². The predicted octanol–water partition coefficient (Wildman–Crippen LogP) is 1.74. The van der Waals surface area contributed by atoms with Crippen molar-refractivity contribution in [2.75, 3.05) is 26.4 Å². The van der Waals surface area contributed by atoms with Gasteiger partial charge in [-0.2, -0.15) is 0 Å². The molecule has 0 saturated heterocycles. The van der Waals surface area contributed by atoms with Crippen LogP contribution in [-0.2, 0) is 9.47 Å². The van der Waals surface area contributed by atoms with Gasteiger partial charge in [-0.25, -0.2) is 0 Å². The lowest BCUT2D eigenvalue weighted by atomic mass is 10.1. The van der Waals surface area contributed by atoms with Crippen LogP contribution in [0.15, 0.2) is 30.3 Å². The topological polar surface area (TPSA) is 44.5 Å². The van der Waals surface area contributed by atoms with Crippen LogP contribution < -0.4 is 5.73 Å². The molecular formula is C12H19NO2. The third kappa shape index (κ3) is 4.93. The molecule has 0 fully saturated rings. The van der Waals surface area contributed by atoms with Crippen LogP contribution in [0.1, 0.15) is 18.5 Å². The van der Waals surface area contributed by atoms with Gasteiger partial charge in [-0.3, -0.25) is 0 Å². The van der Waals surface area contributed by atoms with Crippen molar-refractivity contribution in [1.29, 1.82) is 0 Å². The molecule has 0 aliphatic rings. The van der Waals surface area contributed by atoms with Crippen LogP contribution in [0.25, 0.3) is 0 Å². The largest absolute Gasteiger partial charge is 0.379 e. The van der Waals surface area contributed by atoms with E-state index in [0.29, 0.717) is 19.8 Å². The molecule has 1 aromatic carbocycles. The molecule has 0 aliphatic carbocycles. The second kappa shape index (κ2) is 7.40. The summed E-state index contributed by atoms with van der Waals surface area (Å²) < 4.78 is 10.6. The molecule has 0 bridgehead atoms. The van der Waals surface area contributed by atoms with Gasteiger partial charge in [-0.05, 0) is 12.5 Å². The maximum atomic E-state index is 5.94. The van der Waals surface area contributed by atoms with Crippen LogP contribution >= 0.6 is 0 Å². The van der Waals surface area contributed by atoms with Crippen molar-refractivity contribution in [3.05, 3.63) is 35.9 Å². The molecule has 0 radical (unpaired) electrons. The molecule has 1 aromatic rings. The number of nitrogens with two attached hydrogens (primary N) is 1. The molecule has 2 N–H and O–H groups in total. The summed E-state index contributed by atoms with van der Waals surface area (Å²) >= 11 is 0. The van der Waals surface area contributed by atoms with Gasteiger partial charge >= 0.3 is 0 Å². The van der Waals surface area contributed by atoms with Gasteiger partial charge in [0.25, 0.3) is 0 Å². The van der Waals surface area contributed by atoms with Crippen molar-refractivity contribution in [3.8, 4) is 0 Å². The van der Waals surface area contributed by atoms with E-state index in [-0.39, 0.29) is 6.04 Å². The fourth-order valence-corrected chi connectivity index (χ4v) is 1.27. The minimum absolute atomic E-state index is 0.0483. The number of benzene rings is 1. The van der Waals surface area contributed by atoms with E-state index in [1.54, 1.807) is 0 Å². The first-order chi connectivity index (χ1) is 7.34. The van der Waals surface area contributed by atoms with Crippen molar-refractivity contribution in [3.63, 3.8) is 0 Å². The zero-order chi connectivity index (χ0) is 10.9. The van der Waals surface area contributed by atoms with Crippen LogP contribution in [0, 0.1) is 0 Å². The molecule has 0 aliphatic heterocycles. The molecule has 0 saturated carbocycles. The van der Waals surface area contributed by atoms with Gasteiger partial charge in [0, 0.05) is 6.61 Å². The van der Waals surface area contributed by atoms with Gasteiger partial charge in [-0.15, -0.1) is 0 Å². The highest BCUT2D eigenvalue weighted by molar-refractivity contribution is 5.18. The van der Waals surface area contributed by atoms with Crippen molar-refractivity contribution in [2.24, 2.45) is 5.73 Å². The Kier molecular flexibility index (Phi) is 6.00. The highest BCUT2D eigenvalue weighted by atomic mass is 16.5. The Balaban J connectivity index is 2.16. The highest BCUT2D eigenvalue weighted by Crippen LogP contribution is 2.09. The second-order valence-electron chi connectivity index (χ2n) is 3.29. The van der Waals surface area contributed by atoms with E-state index in [1.165, 1.54) is 0 Å². The lowest BCUT2D eigenvalue weighted by molar-refractivity contribution is 0.0473. The maximum Gasteiger partial charge on any atom is 0.0701 e. The summed E-state index contributed by atoms with van der Waals surface area (Å²) in [5.74, 6) is 0. The molecule has 1 atom stereocenters. The van der Waals surface area contributed by atoms with E-state index in [4.69, 9.17) is 15.2 Å². The van der Waals surface area contributed by atoms with Crippen LogP contribution in [0.3, 0.4) is 0 Å². The van der Waals surface area contributed by atoms with Gasteiger partial charge in [0.1, 0.15) is 0 Å². The molecular weight excluding hydrogens is 190 g/mol. The van der Waals surface area contributed by atoms with Gasteiger partial charge < -0.3 is 15.2 Å². The summed E-state index contributed by atoms with van der Waals surface area (Å²) in [5, 5.41) is 0. The van der Waals surface area contributed by atoms with Crippen LogP contribution in [0.2, 0.25) is 0 Å². The Labute approximate surface area is 91.2 Å². The molecule has 1 rings (SSSR count). The Bertz CT molecular complexity index is 251. The zero-order valence-corrected chi connectivity index (χ0v) is 9.19. The number of ether oxygens (including phenoxy) is 2. The van der Waals surface area contributed by atoms with E-state index in [2.05, 4.69) is 0 Å². The Morgan fingerprint density at radius 3 is 2.47 bits per heavy atom. The molecule has 84 valence electrons. The smallest absolute Gasteiger partial charge is 0.0701 e. The van der Waals surface area contributed by atoms with E-state index in [1.807, 2.05) is 37.3 Å². The zero-order valence-electron chi connectivity index (χ0n) is 9.19. The second-order valence-corrected chi connectivity index (χ2v) is 3.29. The number of hydrogen-bond acceptors (Lipinski definition) is 3. The standard InChI is InChI=1S/C12H19NO2/c1-2-14-8-9-15-10-12(13)11-6-4-3-5-7-11/h3-7,12H,2,8-10,13H2,1H3. The molecule has 3 heteroatoms. The number of hydrogen-bond donors (Lipinski definition) is 1. The Morgan fingerprint density at radius 2 is 1.80 bits per heavy atom. The average molecular weight is 209 g/mol. The predicted molar refractivity (Wildman–Crippen MR) is 60.7 cm³/mol. The first-order valence-corrected chi connectivity index (χ1v) is 5.30. The minimum Gasteiger partial charge on any atom is -0.379 e.